The first-order valence-corrected chi connectivity index (χ1v) is 4.95. The zero-order valence-electron chi connectivity index (χ0n) is 6.34. The van der Waals surface area contributed by atoms with Crippen LogP contribution in [0.15, 0.2) is 36.5 Å². The lowest BCUT2D eigenvalue weighted by Crippen LogP contribution is -1.61. The van der Waals surface area contributed by atoms with E-state index in [0.717, 1.165) is 0 Å². The molecule has 1 nitrogen and oxygen atoms in total. The summed E-state index contributed by atoms with van der Waals surface area (Å²) in [5, 5.41) is 1.28. The number of aromatic amines is 1. The number of fused-ring (bicyclic) bond motifs is 1. The van der Waals surface area contributed by atoms with Crippen molar-refractivity contribution in [2.45, 2.75) is 0 Å². The molecule has 0 fully saturated rings. The van der Waals surface area contributed by atoms with E-state index in [1.807, 2.05) is 24.2 Å². The minimum Gasteiger partial charge on any atom is -0.361 e. The number of aromatic nitrogens is 1. The summed E-state index contributed by atoms with van der Waals surface area (Å²) in [4.78, 5) is 3.12. The molecule has 0 unspecified atom stereocenters. The Labute approximate surface area is 74.6 Å². The van der Waals surface area contributed by atoms with Crippen LogP contribution in [0.4, 0.5) is 0 Å². The first kappa shape index (κ1) is 8.34. The SMILES string of the molecule is CBr.c1ccc2[nH]ccc2c1. The molecule has 1 N–H and O–H groups in total. The normalized spacial score (nSPS) is 8.91. The number of benzene rings is 1. The van der Waals surface area contributed by atoms with Crippen LogP contribution in [0, 0.1) is 0 Å². The fourth-order valence-corrected chi connectivity index (χ4v) is 0.995. The van der Waals surface area contributed by atoms with Crippen molar-refractivity contribution in [2.75, 3.05) is 5.83 Å². The van der Waals surface area contributed by atoms with Crippen LogP contribution in [0.1, 0.15) is 0 Å². The van der Waals surface area contributed by atoms with Gasteiger partial charge in [-0.25, -0.2) is 0 Å². The molecular weight excluding hydrogens is 202 g/mol. The quantitative estimate of drug-likeness (QED) is 0.645. The molecule has 11 heavy (non-hydrogen) atoms. The Balaban J connectivity index is 0.000000281. The van der Waals surface area contributed by atoms with Crippen LogP contribution in [-0.4, -0.2) is 10.8 Å². The van der Waals surface area contributed by atoms with Crippen LogP contribution in [0.25, 0.3) is 10.9 Å². The van der Waals surface area contributed by atoms with Crippen molar-refractivity contribution in [3.63, 3.8) is 0 Å². The van der Waals surface area contributed by atoms with Crippen LogP contribution in [-0.2, 0) is 0 Å². The summed E-state index contributed by atoms with van der Waals surface area (Å²) in [6.07, 6.45) is 1.95. The molecular formula is C9H10BrN. The van der Waals surface area contributed by atoms with Crippen molar-refractivity contribution in [3.05, 3.63) is 36.5 Å². The smallest absolute Gasteiger partial charge is 0.0453 e. The van der Waals surface area contributed by atoms with E-state index in [9.17, 15) is 0 Å². The Morgan fingerprint density at radius 2 is 1.82 bits per heavy atom. The largest absolute Gasteiger partial charge is 0.361 e. The predicted molar refractivity (Wildman–Crippen MR) is 53.1 cm³/mol. The maximum Gasteiger partial charge on any atom is 0.0453 e. The summed E-state index contributed by atoms with van der Waals surface area (Å²) in [7, 11) is 0. The number of hydrogen-bond donors (Lipinski definition) is 1. The van der Waals surface area contributed by atoms with Crippen molar-refractivity contribution < 1.29 is 0 Å². The fraction of sp³-hybridized carbons (Fsp3) is 0.111. The fourth-order valence-electron chi connectivity index (χ4n) is 0.995. The topological polar surface area (TPSA) is 15.8 Å². The highest BCUT2D eigenvalue weighted by Gasteiger charge is 1.86. The number of halogens is 1. The lowest BCUT2D eigenvalue weighted by molar-refractivity contribution is 1.48. The van der Waals surface area contributed by atoms with Crippen LogP contribution >= 0.6 is 15.9 Å². The second-order valence-electron chi connectivity index (χ2n) is 2.06. The highest BCUT2D eigenvalue weighted by Crippen LogP contribution is 2.09. The van der Waals surface area contributed by atoms with Gasteiger partial charge in [0.1, 0.15) is 0 Å². The van der Waals surface area contributed by atoms with Gasteiger partial charge in [-0.2, -0.15) is 0 Å². The minimum atomic E-state index is 1.21. The molecule has 1 aromatic heterocycles. The lowest BCUT2D eigenvalue weighted by atomic mass is 10.3. The van der Waals surface area contributed by atoms with Gasteiger partial charge in [-0.15, -0.1) is 0 Å². The molecule has 2 rings (SSSR count). The highest BCUT2D eigenvalue weighted by molar-refractivity contribution is 9.08. The van der Waals surface area contributed by atoms with E-state index >= 15 is 0 Å². The highest BCUT2D eigenvalue weighted by atomic mass is 79.9. The van der Waals surface area contributed by atoms with E-state index in [4.69, 9.17) is 0 Å². The summed E-state index contributed by atoms with van der Waals surface area (Å²) in [5.41, 5.74) is 1.21. The van der Waals surface area contributed by atoms with Crippen molar-refractivity contribution in [2.24, 2.45) is 0 Å². The number of rotatable bonds is 0. The summed E-state index contributed by atoms with van der Waals surface area (Å²) >= 11 is 2.94. The van der Waals surface area contributed by atoms with Crippen molar-refractivity contribution in [1.82, 2.24) is 4.98 Å². The van der Waals surface area contributed by atoms with E-state index in [1.54, 1.807) is 0 Å². The first-order valence-electron chi connectivity index (χ1n) is 3.37. The van der Waals surface area contributed by atoms with E-state index in [1.165, 1.54) is 10.9 Å². The van der Waals surface area contributed by atoms with Gasteiger partial charge < -0.3 is 4.98 Å². The number of hydrogen-bond acceptors (Lipinski definition) is 0. The van der Waals surface area contributed by atoms with Crippen molar-refractivity contribution >= 4 is 26.8 Å². The standard InChI is InChI=1S/C8H7N.CH3Br/c1-2-4-8-7(3-1)5-6-9-8;1-2/h1-6,9H;1H3. The van der Waals surface area contributed by atoms with Gasteiger partial charge in [-0.1, -0.05) is 34.1 Å². The van der Waals surface area contributed by atoms with Crippen LogP contribution < -0.4 is 0 Å². The van der Waals surface area contributed by atoms with Gasteiger partial charge in [-0.3, -0.25) is 0 Å². The molecule has 0 saturated carbocycles. The molecule has 0 radical (unpaired) electrons. The third-order valence-corrected chi connectivity index (χ3v) is 1.46. The Bertz CT molecular complexity index is 284. The maximum atomic E-state index is 3.12. The molecule has 1 aromatic carbocycles. The first-order chi connectivity index (χ1) is 5.47. The second kappa shape index (κ2) is 4.19. The molecule has 0 atom stereocenters. The van der Waals surface area contributed by atoms with Gasteiger partial charge in [0.05, 0.1) is 0 Å². The van der Waals surface area contributed by atoms with E-state index in [0.29, 0.717) is 0 Å². The lowest BCUT2D eigenvalue weighted by Gasteiger charge is -1.83. The van der Waals surface area contributed by atoms with Gasteiger partial charge in [0.25, 0.3) is 0 Å². The summed E-state index contributed by atoms with van der Waals surface area (Å²) < 4.78 is 0. The zero-order chi connectivity index (χ0) is 8.10. The minimum absolute atomic E-state index is 1.21. The Morgan fingerprint density at radius 1 is 1.09 bits per heavy atom. The van der Waals surface area contributed by atoms with Gasteiger partial charge in [0.2, 0.25) is 0 Å². The van der Waals surface area contributed by atoms with Crippen molar-refractivity contribution in [1.29, 1.82) is 0 Å². The summed E-state index contributed by atoms with van der Waals surface area (Å²) in [6.45, 7) is 0. The van der Waals surface area contributed by atoms with E-state index < -0.39 is 0 Å². The number of H-pyrrole nitrogens is 1. The summed E-state index contributed by atoms with van der Waals surface area (Å²) in [6, 6.07) is 10.3. The predicted octanol–water partition coefficient (Wildman–Crippen LogP) is 3.18. The molecule has 0 aliphatic rings. The average Bonchev–Trinajstić information content (AvgIpc) is 2.55. The third-order valence-electron chi connectivity index (χ3n) is 1.46. The molecule has 0 aliphatic heterocycles. The molecule has 0 amide bonds. The van der Waals surface area contributed by atoms with Gasteiger partial charge in [0.15, 0.2) is 0 Å². The molecule has 0 spiro atoms. The third kappa shape index (κ3) is 1.84. The van der Waals surface area contributed by atoms with E-state index in [-0.39, 0.29) is 0 Å². The number of nitrogens with one attached hydrogen (secondary N) is 1. The summed E-state index contributed by atoms with van der Waals surface area (Å²) in [5.74, 6) is 1.81. The van der Waals surface area contributed by atoms with Gasteiger partial charge in [-0.05, 0) is 23.4 Å². The maximum absolute atomic E-state index is 3.12. The zero-order valence-corrected chi connectivity index (χ0v) is 7.93. The van der Waals surface area contributed by atoms with Gasteiger partial charge in [0, 0.05) is 11.7 Å². The molecule has 0 bridgehead atoms. The number of para-hydroxylation sites is 1. The van der Waals surface area contributed by atoms with Gasteiger partial charge >= 0.3 is 0 Å². The van der Waals surface area contributed by atoms with Crippen molar-refractivity contribution in [3.8, 4) is 0 Å². The Morgan fingerprint density at radius 3 is 2.55 bits per heavy atom. The van der Waals surface area contributed by atoms with Crippen LogP contribution in [0.3, 0.4) is 0 Å². The average molecular weight is 212 g/mol. The molecule has 2 aromatic rings. The molecule has 1 heterocycles. The van der Waals surface area contributed by atoms with Crippen LogP contribution in [0.5, 0.6) is 0 Å². The monoisotopic (exact) mass is 211 g/mol. The molecule has 0 saturated heterocycles. The van der Waals surface area contributed by atoms with E-state index in [2.05, 4.69) is 39.1 Å². The molecule has 58 valence electrons. The Hall–Kier alpha value is -0.760. The molecule has 2 heteroatoms. The Kier molecular flexibility index (Phi) is 3.17. The van der Waals surface area contributed by atoms with Crippen LogP contribution in [0.2, 0.25) is 0 Å². The number of alkyl halides is 1. The second-order valence-corrected chi connectivity index (χ2v) is 2.06. The molecule has 0 aliphatic carbocycles.